The maximum atomic E-state index is 12.7. The maximum absolute atomic E-state index is 12.7. The van der Waals surface area contributed by atoms with Gasteiger partial charge in [-0.15, -0.1) is 0 Å². The van der Waals surface area contributed by atoms with Crippen molar-refractivity contribution in [2.75, 3.05) is 32.9 Å². The Kier molecular flexibility index (Phi) is 41.1. The van der Waals surface area contributed by atoms with Crippen molar-refractivity contribution >= 4 is 37.5 Å². The Labute approximate surface area is 402 Å². The number of phosphoric acid groups is 1. The van der Waals surface area contributed by atoms with Crippen LogP contribution in [0.1, 0.15) is 200 Å². The van der Waals surface area contributed by atoms with Gasteiger partial charge in [0.05, 0.1) is 13.2 Å². The van der Waals surface area contributed by atoms with Crippen LogP contribution in [-0.4, -0.2) is 73.6 Å². The summed E-state index contributed by atoms with van der Waals surface area (Å²) in [6, 6.07) is 0. The van der Waals surface area contributed by atoms with E-state index in [1.807, 2.05) is 0 Å². The standard InChI is InChI=1S/C48H83N2O11P.Na/c1-3-5-7-9-11-13-15-17-19-21-23-25-27-29-31-33-47(54)58-41-43(61-48(55)34-32-30-28-26-24-22-20-18-16-14-12-10-8-6-4-2)42-60-62(56,57)59-40-38-49-44(51)37-39-50-45(52)35-36-46(50)53;/h17-20,35-36,43H,3-16,21-34,37-42H2,1-2H3,(H,49,51)(H,56,57);/q;+1/p-1/b19-17-,20-18-;/t43-;/m1./s1. The quantitative estimate of drug-likeness (QED) is 0.0161. The zero-order valence-electron chi connectivity index (χ0n) is 39.5. The molecule has 63 heavy (non-hydrogen) atoms. The Balaban J connectivity index is 0.0000384. The van der Waals surface area contributed by atoms with Crippen LogP contribution in [0.3, 0.4) is 0 Å². The summed E-state index contributed by atoms with van der Waals surface area (Å²) in [6.07, 6.45) is 39.9. The molecule has 356 valence electrons. The van der Waals surface area contributed by atoms with Crippen molar-refractivity contribution in [1.82, 2.24) is 10.2 Å². The third-order valence-corrected chi connectivity index (χ3v) is 11.5. The number of carbonyl (C=O) groups excluding carboxylic acids is 5. The number of hydrogen-bond donors (Lipinski definition) is 1. The van der Waals surface area contributed by atoms with Gasteiger partial charge in [-0.1, -0.05) is 141 Å². The smallest absolute Gasteiger partial charge is 0.756 e. The van der Waals surface area contributed by atoms with E-state index in [1.165, 1.54) is 77.0 Å². The molecule has 15 heteroatoms. The summed E-state index contributed by atoms with van der Waals surface area (Å²) in [5.41, 5.74) is 0. The topological polar surface area (TPSA) is 178 Å². The van der Waals surface area contributed by atoms with Gasteiger partial charge in [0.2, 0.25) is 5.91 Å². The van der Waals surface area contributed by atoms with Gasteiger partial charge in [0.15, 0.2) is 6.10 Å². The molecule has 1 aliphatic heterocycles. The van der Waals surface area contributed by atoms with Crippen LogP contribution in [0.25, 0.3) is 0 Å². The van der Waals surface area contributed by atoms with E-state index in [0.717, 1.165) is 94.1 Å². The van der Waals surface area contributed by atoms with Crippen molar-refractivity contribution in [3.8, 4) is 0 Å². The van der Waals surface area contributed by atoms with E-state index in [-0.39, 0.29) is 68.5 Å². The second-order valence-corrected chi connectivity index (χ2v) is 17.7. The number of hydrogen-bond acceptors (Lipinski definition) is 11. The minimum atomic E-state index is -4.89. The Bertz CT molecular complexity index is 1340. The van der Waals surface area contributed by atoms with E-state index in [1.54, 1.807) is 0 Å². The molecule has 1 rings (SSSR count). The van der Waals surface area contributed by atoms with Gasteiger partial charge in [0, 0.05) is 44.5 Å². The van der Waals surface area contributed by atoms with Gasteiger partial charge in [-0.3, -0.25) is 33.4 Å². The largest absolute Gasteiger partial charge is 1.00 e. The predicted octanol–water partition coefficient (Wildman–Crippen LogP) is 7.45. The Morgan fingerprint density at radius 1 is 0.619 bits per heavy atom. The first kappa shape index (κ1) is 60.9. The van der Waals surface area contributed by atoms with Crippen LogP contribution in [0.4, 0.5) is 0 Å². The van der Waals surface area contributed by atoms with Crippen LogP contribution >= 0.6 is 7.82 Å². The number of rotatable bonds is 43. The summed E-state index contributed by atoms with van der Waals surface area (Å²) in [7, 11) is -4.89. The van der Waals surface area contributed by atoms with E-state index >= 15 is 0 Å². The average molecular weight is 917 g/mol. The molecule has 0 spiro atoms. The number of unbranched alkanes of at least 4 members (excludes halogenated alkanes) is 22. The molecule has 1 unspecified atom stereocenters. The molecule has 0 fully saturated rings. The van der Waals surface area contributed by atoms with Gasteiger partial charge in [-0.05, 0) is 64.2 Å². The molecule has 0 aromatic carbocycles. The van der Waals surface area contributed by atoms with Crippen LogP contribution in [0.15, 0.2) is 36.5 Å². The molecule has 0 aliphatic carbocycles. The van der Waals surface area contributed by atoms with Gasteiger partial charge >= 0.3 is 41.5 Å². The number of ether oxygens (including phenoxy) is 2. The van der Waals surface area contributed by atoms with Crippen molar-refractivity contribution in [2.24, 2.45) is 0 Å². The van der Waals surface area contributed by atoms with Gasteiger partial charge in [-0.25, -0.2) is 0 Å². The zero-order valence-corrected chi connectivity index (χ0v) is 42.4. The summed E-state index contributed by atoms with van der Waals surface area (Å²) < 4.78 is 33.2. The van der Waals surface area contributed by atoms with Crippen LogP contribution < -0.4 is 39.8 Å². The summed E-state index contributed by atoms with van der Waals surface area (Å²) >= 11 is 0. The second-order valence-electron chi connectivity index (χ2n) is 16.3. The number of nitrogens with one attached hydrogen (secondary N) is 1. The van der Waals surface area contributed by atoms with Gasteiger partial charge in [0.25, 0.3) is 19.6 Å². The SMILES string of the molecule is CCCCCCCC/C=C\CCCCCCCC(=O)OC[C@H](COP(=O)([O-])OCCNC(=O)CCN1C(=O)C=CC1=O)OC(=O)CCCCCCC/C=C\CCCCCCCC.[Na+]. The Hall–Kier alpha value is -2.12. The average Bonchev–Trinajstić information content (AvgIpc) is 3.57. The first-order valence-electron chi connectivity index (χ1n) is 24.1. The Morgan fingerprint density at radius 3 is 1.52 bits per heavy atom. The molecule has 1 N–H and O–H groups in total. The van der Waals surface area contributed by atoms with E-state index in [4.69, 9.17) is 18.5 Å². The van der Waals surface area contributed by atoms with Crippen LogP contribution in [-0.2, 0) is 47.1 Å². The van der Waals surface area contributed by atoms with Crippen molar-refractivity contribution in [3.63, 3.8) is 0 Å². The number of allylic oxidation sites excluding steroid dienone is 4. The minimum Gasteiger partial charge on any atom is -0.756 e. The van der Waals surface area contributed by atoms with Crippen molar-refractivity contribution < 1.29 is 81.5 Å². The van der Waals surface area contributed by atoms with Gasteiger partial charge < -0.3 is 28.7 Å². The van der Waals surface area contributed by atoms with E-state index < -0.39 is 56.8 Å². The van der Waals surface area contributed by atoms with Crippen molar-refractivity contribution in [2.45, 2.75) is 206 Å². The summed E-state index contributed by atoms with van der Waals surface area (Å²) in [5, 5.41) is 2.45. The number of imide groups is 1. The third kappa shape index (κ3) is 37.8. The van der Waals surface area contributed by atoms with Gasteiger partial charge in [-0.2, -0.15) is 0 Å². The fourth-order valence-electron chi connectivity index (χ4n) is 6.81. The predicted molar refractivity (Wildman–Crippen MR) is 243 cm³/mol. The molecule has 0 aromatic heterocycles. The molecule has 0 saturated carbocycles. The van der Waals surface area contributed by atoms with Crippen molar-refractivity contribution in [1.29, 1.82) is 0 Å². The number of amides is 3. The number of esters is 2. The molecule has 3 amide bonds. The first-order valence-corrected chi connectivity index (χ1v) is 25.6. The number of nitrogens with zero attached hydrogens (tertiary/aromatic N) is 1. The summed E-state index contributed by atoms with van der Waals surface area (Å²) in [5.74, 6) is -2.52. The number of carbonyl (C=O) groups is 5. The molecule has 13 nitrogen and oxygen atoms in total. The molecule has 1 heterocycles. The molecule has 0 saturated heterocycles. The van der Waals surface area contributed by atoms with Gasteiger partial charge in [0.1, 0.15) is 6.61 Å². The third-order valence-electron chi connectivity index (χ3n) is 10.6. The Morgan fingerprint density at radius 2 is 1.05 bits per heavy atom. The van der Waals surface area contributed by atoms with Crippen LogP contribution in [0, 0.1) is 0 Å². The maximum Gasteiger partial charge on any atom is 1.00 e. The molecule has 0 aromatic rings. The van der Waals surface area contributed by atoms with E-state index in [0.29, 0.717) is 12.8 Å². The zero-order chi connectivity index (χ0) is 45.4. The normalized spacial score (nSPS) is 14.0. The molecule has 1 aliphatic rings. The second kappa shape index (κ2) is 42.5. The molecular weight excluding hydrogens is 834 g/mol. The number of phosphoric ester groups is 1. The molecule has 0 radical (unpaired) electrons. The summed E-state index contributed by atoms with van der Waals surface area (Å²) in [4.78, 5) is 74.1. The molecular formula is C48H82N2NaO11P. The minimum absolute atomic E-state index is 0. The molecule has 0 bridgehead atoms. The fraction of sp³-hybridized carbons (Fsp3) is 0.771. The van der Waals surface area contributed by atoms with Crippen molar-refractivity contribution in [3.05, 3.63) is 36.5 Å². The summed E-state index contributed by atoms with van der Waals surface area (Å²) in [6.45, 7) is 2.75. The molecule has 2 atom stereocenters. The fourth-order valence-corrected chi connectivity index (χ4v) is 7.55. The monoisotopic (exact) mass is 917 g/mol. The van der Waals surface area contributed by atoms with E-state index in [9.17, 15) is 33.4 Å². The van der Waals surface area contributed by atoms with Crippen LogP contribution in [0.5, 0.6) is 0 Å². The van der Waals surface area contributed by atoms with E-state index in [2.05, 4.69) is 43.5 Å². The van der Waals surface area contributed by atoms with Crippen LogP contribution in [0.2, 0.25) is 0 Å². The first-order chi connectivity index (χ1) is 30.1.